The number of hydrogen-bond donors (Lipinski definition) is 0. The zero-order chi connectivity index (χ0) is 23.1. The Kier molecular flexibility index (Phi) is 5.64. The molecule has 0 aliphatic carbocycles. The van der Waals surface area contributed by atoms with Crippen LogP contribution in [0.25, 0.3) is 17.0 Å². The fourth-order valence-corrected chi connectivity index (χ4v) is 6.16. The smallest absolute Gasteiger partial charge is 0.338 e. The first-order chi connectivity index (χ1) is 16.0. The van der Waals surface area contributed by atoms with Crippen LogP contribution in [0.2, 0.25) is 0 Å². The predicted molar refractivity (Wildman–Crippen MR) is 132 cm³/mol. The Balaban J connectivity index is 1.74. The molecule has 5 rings (SSSR count). The molecule has 8 heteroatoms. The number of carbonyl (C=O) groups is 1. The standard InChI is InChI=1S/C25H23N3O3S2/c1-4-27-14-16(17-9-6-7-10-18(17)27)13-20-23(29)28-22(19-11-8-12-32-19)21(24(30)31-5-2)15(3)26-25(28)33-20/h6-14,22H,4-5H2,1-3H3/b20-13-/t22-/m1/s1. The minimum Gasteiger partial charge on any atom is -0.463 e. The monoisotopic (exact) mass is 477 g/mol. The lowest BCUT2D eigenvalue weighted by Gasteiger charge is -2.23. The van der Waals surface area contributed by atoms with Crippen molar-refractivity contribution in [2.24, 2.45) is 4.99 Å². The van der Waals surface area contributed by atoms with Crippen LogP contribution in [0.1, 0.15) is 37.3 Å². The molecule has 1 aliphatic heterocycles. The van der Waals surface area contributed by atoms with E-state index in [1.807, 2.05) is 35.7 Å². The maximum absolute atomic E-state index is 13.7. The fraction of sp³-hybridized carbons (Fsp3) is 0.240. The Morgan fingerprint density at radius 3 is 2.76 bits per heavy atom. The van der Waals surface area contributed by atoms with E-state index in [9.17, 15) is 9.59 Å². The second-order valence-corrected chi connectivity index (χ2v) is 9.69. The van der Waals surface area contributed by atoms with Gasteiger partial charge in [-0.15, -0.1) is 11.3 Å². The molecule has 0 saturated carbocycles. The van der Waals surface area contributed by atoms with Crippen LogP contribution in [0.5, 0.6) is 0 Å². The number of thiophene rings is 1. The number of esters is 1. The molecule has 0 bridgehead atoms. The van der Waals surface area contributed by atoms with Crippen molar-refractivity contribution in [3.8, 4) is 0 Å². The summed E-state index contributed by atoms with van der Waals surface area (Å²) in [6.45, 7) is 6.79. The highest BCUT2D eigenvalue weighted by Gasteiger charge is 2.33. The van der Waals surface area contributed by atoms with Crippen molar-refractivity contribution in [2.45, 2.75) is 33.4 Å². The number of rotatable bonds is 5. The Morgan fingerprint density at radius 2 is 2.03 bits per heavy atom. The summed E-state index contributed by atoms with van der Waals surface area (Å²) >= 11 is 2.86. The SMILES string of the molecule is CCOC(=O)C1=C(C)N=c2s/c(=C\c3cn(CC)c4ccccc34)c(=O)n2[C@@H]1c1cccs1. The molecule has 0 fully saturated rings. The number of benzene rings is 1. The highest BCUT2D eigenvalue weighted by Crippen LogP contribution is 2.33. The molecule has 0 radical (unpaired) electrons. The van der Waals surface area contributed by atoms with Gasteiger partial charge in [-0.25, -0.2) is 9.79 Å². The van der Waals surface area contributed by atoms with E-state index in [4.69, 9.17) is 4.74 Å². The number of hydrogen-bond acceptors (Lipinski definition) is 6. The second kappa shape index (κ2) is 8.61. The molecular weight excluding hydrogens is 454 g/mol. The molecule has 3 aromatic heterocycles. The van der Waals surface area contributed by atoms with Crippen LogP contribution in [-0.4, -0.2) is 21.7 Å². The van der Waals surface area contributed by atoms with Crippen LogP contribution in [0, 0.1) is 0 Å². The first-order valence-corrected chi connectivity index (χ1v) is 12.5. The first-order valence-electron chi connectivity index (χ1n) is 10.8. The summed E-state index contributed by atoms with van der Waals surface area (Å²) in [6.07, 6.45) is 4.02. The number of thiazole rings is 1. The molecule has 168 valence electrons. The largest absolute Gasteiger partial charge is 0.463 e. The van der Waals surface area contributed by atoms with Crippen molar-refractivity contribution < 1.29 is 9.53 Å². The third kappa shape index (κ3) is 3.59. The van der Waals surface area contributed by atoms with Crippen LogP contribution in [0.15, 0.2) is 69.0 Å². The molecule has 0 N–H and O–H groups in total. The van der Waals surface area contributed by atoms with Gasteiger partial charge in [0.2, 0.25) is 0 Å². The summed E-state index contributed by atoms with van der Waals surface area (Å²) in [5.41, 5.74) is 2.98. The molecule has 0 spiro atoms. The van der Waals surface area contributed by atoms with Gasteiger partial charge < -0.3 is 9.30 Å². The van der Waals surface area contributed by atoms with Crippen molar-refractivity contribution in [1.29, 1.82) is 0 Å². The number of nitrogens with zero attached hydrogens (tertiary/aromatic N) is 3. The van der Waals surface area contributed by atoms with Crippen LogP contribution in [0.3, 0.4) is 0 Å². The molecule has 33 heavy (non-hydrogen) atoms. The molecule has 0 unspecified atom stereocenters. The van der Waals surface area contributed by atoms with Gasteiger partial charge in [0.05, 0.1) is 22.4 Å². The van der Waals surface area contributed by atoms with Crippen LogP contribution in [-0.2, 0) is 16.1 Å². The molecular formula is C25H23N3O3S2. The Labute approximate surface area is 198 Å². The molecule has 4 heterocycles. The maximum atomic E-state index is 13.7. The van der Waals surface area contributed by atoms with E-state index in [0.29, 0.717) is 20.6 Å². The molecule has 1 atom stereocenters. The van der Waals surface area contributed by atoms with E-state index in [1.165, 1.54) is 22.7 Å². The second-order valence-electron chi connectivity index (χ2n) is 7.71. The van der Waals surface area contributed by atoms with Gasteiger partial charge in [-0.1, -0.05) is 35.6 Å². The van der Waals surface area contributed by atoms with Gasteiger partial charge in [-0.2, -0.15) is 0 Å². The van der Waals surface area contributed by atoms with Gasteiger partial charge in [0.15, 0.2) is 4.80 Å². The lowest BCUT2D eigenvalue weighted by molar-refractivity contribution is -0.139. The van der Waals surface area contributed by atoms with Gasteiger partial charge in [0.1, 0.15) is 6.04 Å². The summed E-state index contributed by atoms with van der Waals surface area (Å²) in [7, 11) is 0. The minimum absolute atomic E-state index is 0.153. The fourth-order valence-electron chi connectivity index (χ4n) is 4.30. The topological polar surface area (TPSA) is 65.6 Å². The molecule has 0 saturated heterocycles. The minimum atomic E-state index is -0.542. The van der Waals surface area contributed by atoms with E-state index in [1.54, 1.807) is 18.4 Å². The number of ether oxygens (including phenoxy) is 1. The van der Waals surface area contributed by atoms with Crippen molar-refractivity contribution in [3.63, 3.8) is 0 Å². The van der Waals surface area contributed by atoms with Gasteiger partial charge in [-0.05, 0) is 44.4 Å². The third-order valence-corrected chi connectivity index (χ3v) is 7.68. The van der Waals surface area contributed by atoms with Gasteiger partial charge in [0.25, 0.3) is 5.56 Å². The molecule has 1 aliphatic rings. The number of allylic oxidation sites excluding steroid dienone is 1. The zero-order valence-electron chi connectivity index (χ0n) is 18.6. The number of para-hydroxylation sites is 1. The van der Waals surface area contributed by atoms with E-state index < -0.39 is 12.0 Å². The van der Waals surface area contributed by atoms with Crippen LogP contribution >= 0.6 is 22.7 Å². The van der Waals surface area contributed by atoms with Gasteiger partial charge in [0, 0.05) is 34.1 Å². The van der Waals surface area contributed by atoms with Crippen molar-refractivity contribution in [2.75, 3.05) is 6.61 Å². The van der Waals surface area contributed by atoms with Crippen molar-refractivity contribution >= 4 is 45.6 Å². The van der Waals surface area contributed by atoms with E-state index in [-0.39, 0.29) is 12.2 Å². The zero-order valence-corrected chi connectivity index (χ0v) is 20.2. The number of carbonyl (C=O) groups excluding carboxylic acids is 1. The Morgan fingerprint density at radius 1 is 1.21 bits per heavy atom. The highest BCUT2D eigenvalue weighted by atomic mass is 32.1. The average molecular weight is 478 g/mol. The van der Waals surface area contributed by atoms with E-state index >= 15 is 0 Å². The van der Waals surface area contributed by atoms with E-state index in [0.717, 1.165) is 27.9 Å². The van der Waals surface area contributed by atoms with Crippen LogP contribution in [0.4, 0.5) is 0 Å². The predicted octanol–water partition coefficient (Wildman–Crippen LogP) is 3.83. The lowest BCUT2D eigenvalue weighted by Crippen LogP contribution is -2.39. The first kappa shape index (κ1) is 21.6. The molecule has 4 aromatic rings. The normalized spacial score (nSPS) is 16.2. The van der Waals surface area contributed by atoms with Crippen LogP contribution < -0.4 is 14.9 Å². The summed E-state index contributed by atoms with van der Waals surface area (Å²) in [5, 5.41) is 3.05. The maximum Gasteiger partial charge on any atom is 0.338 e. The third-order valence-electron chi connectivity index (χ3n) is 5.78. The molecule has 0 amide bonds. The van der Waals surface area contributed by atoms with E-state index in [2.05, 4.69) is 34.8 Å². The molecule has 1 aromatic carbocycles. The Bertz CT molecular complexity index is 1570. The number of aryl methyl sites for hydroxylation is 1. The number of aromatic nitrogens is 2. The molecule has 6 nitrogen and oxygen atoms in total. The lowest BCUT2D eigenvalue weighted by atomic mass is 10.0. The quantitative estimate of drug-likeness (QED) is 0.410. The van der Waals surface area contributed by atoms with Crippen molar-refractivity contribution in [1.82, 2.24) is 9.13 Å². The summed E-state index contributed by atoms with van der Waals surface area (Å²) in [6, 6.07) is 11.5. The average Bonchev–Trinajstić information content (AvgIpc) is 3.52. The summed E-state index contributed by atoms with van der Waals surface area (Å²) in [4.78, 5) is 32.7. The van der Waals surface area contributed by atoms with Gasteiger partial charge >= 0.3 is 5.97 Å². The highest BCUT2D eigenvalue weighted by molar-refractivity contribution is 7.10. The van der Waals surface area contributed by atoms with Gasteiger partial charge in [-0.3, -0.25) is 9.36 Å². The number of fused-ring (bicyclic) bond motifs is 2. The Hall–Kier alpha value is -3.23. The summed E-state index contributed by atoms with van der Waals surface area (Å²) < 4.78 is 9.73. The summed E-state index contributed by atoms with van der Waals surface area (Å²) in [5.74, 6) is -0.433. The van der Waals surface area contributed by atoms with Crippen molar-refractivity contribution in [3.05, 3.63) is 89.4 Å².